The minimum absolute atomic E-state index is 0.00111. The molecule has 76 valence electrons. The van der Waals surface area contributed by atoms with Crippen LogP contribution in [-0.2, 0) is 0 Å². The molecule has 1 aromatic heterocycles. The van der Waals surface area contributed by atoms with E-state index in [0.29, 0.717) is 4.88 Å². The highest BCUT2D eigenvalue weighted by atomic mass is 32.1. The lowest BCUT2D eigenvalue weighted by atomic mass is 10.1. The molecule has 2 rings (SSSR count). The zero-order valence-electron chi connectivity index (χ0n) is 7.82. The number of carbonyl (C=O) groups is 1. The molecule has 2 N–H and O–H groups in total. The summed E-state index contributed by atoms with van der Waals surface area (Å²) in [5, 5.41) is 6.25. The number of piperidine rings is 1. The maximum atomic E-state index is 11.6. The first-order chi connectivity index (χ1) is 6.86. The van der Waals surface area contributed by atoms with Crippen molar-refractivity contribution in [2.75, 3.05) is 13.1 Å². The largest absolute Gasteiger partial charge is 0.347 e. The van der Waals surface area contributed by atoms with Gasteiger partial charge in [0.1, 0.15) is 4.88 Å². The van der Waals surface area contributed by atoms with Crippen molar-refractivity contribution in [3.05, 3.63) is 16.6 Å². The van der Waals surface area contributed by atoms with Crippen LogP contribution in [-0.4, -0.2) is 30.0 Å². The van der Waals surface area contributed by atoms with Gasteiger partial charge in [0.15, 0.2) is 0 Å². The summed E-state index contributed by atoms with van der Waals surface area (Å²) in [5.41, 5.74) is 1.67. The minimum atomic E-state index is 0.00111. The summed E-state index contributed by atoms with van der Waals surface area (Å²) in [5.74, 6) is 0.00111. The van der Waals surface area contributed by atoms with E-state index in [1.165, 1.54) is 11.3 Å². The summed E-state index contributed by atoms with van der Waals surface area (Å²) >= 11 is 1.38. The van der Waals surface area contributed by atoms with Crippen molar-refractivity contribution in [3.63, 3.8) is 0 Å². The number of hydrogen-bond acceptors (Lipinski definition) is 4. The molecule has 0 aromatic carbocycles. The molecule has 1 amide bonds. The maximum absolute atomic E-state index is 11.6. The number of nitrogens with zero attached hydrogens (tertiary/aromatic N) is 1. The number of carbonyl (C=O) groups excluding carboxylic acids is 1. The van der Waals surface area contributed by atoms with E-state index in [9.17, 15) is 4.79 Å². The van der Waals surface area contributed by atoms with Gasteiger partial charge in [0.05, 0.1) is 11.7 Å². The molecule has 2 heterocycles. The molecule has 0 aliphatic carbocycles. The van der Waals surface area contributed by atoms with Gasteiger partial charge in [0.2, 0.25) is 0 Å². The van der Waals surface area contributed by atoms with Crippen LogP contribution >= 0.6 is 11.3 Å². The van der Waals surface area contributed by atoms with Crippen molar-refractivity contribution in [2.45, 2.75) is 18.9 Å². The van der Waals surface area contributed by atoms with Gasteiger partial charge in [-0.05, 0) is 19.4 Å². The number of thiazole rings is 1. The van der Waals surface area contributed by atoms with Gasteiger partial charge in [-0.1, -0.05) is 0 Å². The predicted molar refractivity (Wildman–Crippen MR) is 55.5 cm³/mol. The first-order valence-corrected chi connectivity index (χ1v) is 5.64. The van der Waals surface area contributed by atoms with Crippen LogP contribution < -0.4 is 10.6 Å². The van der Waals surface area contributed by atoms with E-state index in [0.717, 1.165) is 25.9 Å². The summed E-state index contributed by atoms with van der Waals surface area (Å²) < 4.78 is 0. The third-order valence-corrected chi connectivity index (χ3v) is 3.06. The predicted octanol–water partition coefficient (Wildman–Crippen LogP) is 0.625. The lowest BCUT2D eigenvalue weighted by molar-refractivity contribution is 0.0934. The average Bonchev–Trinajstić information content (AvgIpc) is 2.72. The highest BCUT2D eigenvalue weighted by molar-refractivity contribution is 7.11. The molecule has 5 heteroatoms. The average molecular weight is 211 g/mol. The number of amides is 1. The van der Waals surface area contributed by atoms with Crippen LogP contribution in [0.5, 0.6) is 0 Å². The topological polar surface area (TPSA) is 54.0 Å². The molecule has 4 nitrogen and oxygen atoms in total. The lowest BCUT2D eigenvalue weighted by Gasteiger charge is -2.23. The fourth-order valence-electron chi connectivity index (χ4n) is 1.56. The van der Waals surface area contributed by atoms with E-state index < -0.39 is 0 Å². The Morgan fingerprint density at radius 2 is 2.64 bits per heavy atom. The van der Waals surface area contributed by atoms with Crippen LogP contribution in [0.2, 0.25) is 0 Å². The second-order valence-electron chi connectivity index (χ2n) is 3.38. The molecular formula is C9H13N3OS. The molecule has 1 aliphatic heterocycles. The van der Waals surface area contributed by atoms with E-state index in [4.69, 9.17) is 0 Å². The van der Waals surface area contributed by atoms with Gasteiger partial charge in [-0.15, -0.1) is 11.3 Å². The Hall–Kier alpha value is -0.940. The summed E-state index contributed by atoms with van der Waals surface area (Å²) in [4.78, 5) is 16.2. The highest BCUT2D eigenvalue weighted by Crippen LogP contribution is 2.07. The van der Waals surface area contributed by atoms with E-state index in [-0.39, 0.29) is 11.9 Å². The number of rotatable bonds is 2. The molecule has 1 atom stereocenters. The number of hydrogen-bond donors (Lipinski definition) is 2. The van der Waals surface area contributed by atoms with Crippen LogP contribution in [0.4, 0.5) is 0 Å². The van der Waals surface area contributed by atoms with Crippen LogP contribution in [0.25, 0.3) is 0 Å². The molecule has 14 heavy (non-hydrogen) atoms. The smallest absolute Gasteiger partial charge is 0.263 e. The normalized spacial score (nSPS) is 21.9. The van der Waals surface area contributed by atoms with Gasteiger partial charge in [0, 0.05) is 12.6 Å². The Labute approximate surface area is 86.7 Å². The van der Waals surface area contributed by atoms with E-state index in [1.807, 2.05) is 0 Å². The Morgan fingerprint density at radius 3 is 3.29 bits per heavy atom. The van der Waals surface area contributed by atoms with Crippen LogP contribution in [0.3, 0.4) is 0 Å². The molecule has 1 aromatic rings. The molecule has 1 fully saturated rings. The standard InChI is InChI=1S/C9H13N3OS/c13-9(8-5-11-6-14-8)12-7-2-1-3-10-4-7/h5-7,10H,1-4H2,(H,12,13). The molecule has 0 spiro atoms. The Morgan fingerprint density at radius 1 is 1.71 bits per heavy atom. The SMILES string of the molecule is O=C(NC1CCCNC1)c1cncs1. The van der Waals surface area contributed by atoms with E-state index >= 15 is 0 Å². The molecule has 1 unspecified atom stereocenters. The Bertz CT molecular complexity index is 293. The molecule has 1 aliphatic rings. The summed E-state index contributed by atoms with van der Waals surface area (Å²) in [7, 11) is 0. The van der Waals surface area contributed by atoms with Gasteiger partial charge in [-0.3, -0.25) is 9.78 Å². The second kappa shape index (κ2) is 4.52. The molecule has 0 saturated carbocycles. The van der Waals surface area contributed by atoms with E-state index in [2.05, 4.69) is 15.6 Å². The first kappa shape index (κ1) is 9.61. The molecule has 1 saturated heterocycles. The van der Waals surface area contributed by atoms with Gasteiger partial charge in [-0.25, -0.2) is 0 Å². The monoisotopic (exact) mass is 211 g/mol. The fraction of sp³-hybridized carbons (Fsp3) is 0.556. The molecule has 0 bridgehead atoms. The van der Waals surface area contributed by atoms with Crippen molar-refractivity contribution < 1.29 is 4.79 Å². The minimum Gasteiger partial charge on any atom is -0.347 e. The van der Waals surface area contributed by atoms with E-state index in [1.54, 1.807) is 11.7 Å². The van der Waals surface area contributed by atoms with Gasteiger partial charge in [-0.2, -0.15) is 0 Å². The third kappa shape index (κ3) is 2.30. The summed E-state index contributed by atoms with van der Waals surface area (Å²) in [6.07, 6.45) is 3.81. The van der Waals surface area contributed by atoms with Crippen molar-refractivity contribution in [3.8, 4) is 0 Å². The van der Waals surface area contributed by atoms with Gasteiger partial charge in [0.25, 0.3) is 5.91 Å². The first-order valence-electron chi connectivity index (χ1n) is 4.76. The van der Waals surface area contributed by atoms with Crippen molar-refractivity contribution >= 4 is 17.2 Å². The number of nitrogens with one attached hydrogen (secondary N) is 2. The maximum Gasteiger partial charge on any atom is 0.263 e. The second-order valence-corrected chi connectivity index (χ2v) is 4.27. The van der Waals surface area contributed by atoms with Crippen molar-refractivity contribution in [2.24, 2.45) is 0 Å². The lowest BCUT2D eigenvalue weighted by Crippen LogP contribution is -2.45. The molecule has 0 radical (unpaired) electrons. The fourth-order valence-corrected chi connectivity index (χ4v) is 2.08. The summed E-state index contributed by atoms with van der Waals surface area (Å²) in [6, 6.07) is 0.276. The Kier molecular flexibility index (Phi) is 3.10. The molecular weight excluding hydrogens is 198 g/mol. The van der Waals surface area contributed by atoms with Gasteiger partial charge < -0.3 is 10.6 Å². The van der Waals surface area contributed by atoms with Crippen LogP contribution in [0, 0.1) is 0 Å². The quantitative estimate of drug-likeness (QED) is 0.754. The van der Waals surface area contributed by atoms with Crippen molar-refractivity contribution in [1.82, 2.24) is 15.6 Å². The van der Waals surface area contributed by atoms with Crippen LogP contribution in [0.1, 0.15) is 22.5 Å². The van der Waals surface area contributed by atoms with Gasteiger partial charge >= 0.3 is 0 Å². The summed E-state index contributed by atoms with van der Waals surface area (Å²) in [6.45, 7) is 1.94. The highest BCUT2D eigenvalue weighted by Gasteiger charge is 2.16. The number of aromatic nitrogens is 1. The van der Waals surface area contributed by atoms with Crippen LogP contribution in [0.15, 0.2) is 11.7 Å². The van der Waals surface area contributed by atoms with Crippen molar-refractivity contribution in [1.29, 1.82) is 0 Å². The third-order valence-electron chi connectivity index (χ3n) is 2.29. The zero-order chi connectivity index (χ0) is 9.80. The zero-order valence-corrected chi connectivity index (χ0v) is 8.64. The Balaban J connectivity index is 1.87.